The van der Waals surface area contributed by atoms with Crippen molar-refractivity contribution in [1.82, 2.24) is 35.4 Å². The summed E-state index contributed by atoms with van der Waals surface area (Å²) >= 11 is 0. The van der Waals surface area contributed by atoms with Gasteiger partial charge in [0.05, 0.1) is 22.8 Å². The average molecular weight is 411 g/mol. The first-order chi connectivity index (χ1) is 14.4. The van der Waals surface area contributed by atoms with Crippen molar-refractivity contribution in [2.75, 3.05) is 0 Å². The fraction of sp³-hybridized carbons (Fsp3) is 0.250. The molecule has 8 nitrogen and oxygen atoms in total. The number of alkyl halides is 2. The van der Waals surface area contributed by atoms with Gasteiger partial charge in [-0.05, 0) is 39.0 Å². The number of H-pyrrole nitrogens is 1. The molecule has 154 valence electrons. The molecule has 30 heavy (non-hydrogen) atoms. The minimum atomic E-state index is -2.52. The van der Waals surface area contributed by atoms with Gasteiger partial charge in [-0.1, -0.05) is 17.3 Å². The Morgan fingerprint density at radius 1 is 0.967 bits per heavy atom. The van der Waals surface area contributed by atoms with E-state index in [1.165, 1.54) is 12.1 Å². The molecule has 1 N–H and O–H groups in total. The molecule has 0 bridgehead atoms. The Kier molecular flexibility index (Phi) is 5.21. The number of halogens is 2. The van der Waals surface area contributed by atoms with E-state index in [4.69, 9.17) is 4.74 Å². The highest BCUT2D eigenvalue weighted by molar-refractivity contribution is 5.64. The molecule has 0 unspecified atom stereocenters. The molecule has 4 aromatic rings. The van der Waals surface area contributed by atoms with Crippen molar-refractivity contribution >= 4 is 0 Å². The monoisotopic (exact) mass is 411 g/mol. The first kappa shape index (κ1) is 19.6. The standard InChI is InChI=1S/C20H19F2N7O/c1-11-17(29(28-25-11)15-6-4-14(5-7-15)20(21)22)10-30-18-9-8-16(26-27-18)19-12(2)23-24-13(19)3/h4-9,20H,10H2,1-3H3,(H,23,24). The number of hydrogen-bond acceptors (Lipinski definition) is 6. The Morgan fingerprint density at radius 2 is 1.73 bits per heavy atom. The molecule has 0 spiro atoms. The van der Waals surface area contributed by atoms with Crippen LogP contribution < -0.4 is 4.74 Å². The molecule has 0 aliphatic rings. The summed E-state index contributed by atoms with van der Waals surface area (Å²) < 4.78 is 32.9. The third-order valence-electron chi connectivity index (χ3n) is 4.73. The maximum absolute atomic E-state index is 12.8. The van der Waals surface area contributed by atoms with E-state index in [-0.39, 0.29) is 12.2 Å². The third-order valence-corrected chi connectivity index (χ3v) is 4.73. The van der Waals surface area contributed by atoms with Crippen molar-refractivity contribution in [2.45, 2.75) is 33.8 Å². The number of nitrogens with zero attached hydrogens (tertiary/aromatic N) is 6. The zero-order valence-corrected chi connectivity index (χ0v) is 16.6. The second-order valence-corrected chi connectivity index (χ2v) is 6.78. The van der Waals surface area contributed by atoms with Crippen LogP contribution in [-0.2, 0) is 6.61 Å². The van der Waals surface area contributed by atoms with E-state index in [1.807, 2.05) is 19.9 Å². The van der Waals surface area contributed by atoms with E-state index < -0.39 is 6.43 Å². The van der Waals surface area contributed by atoms with E-state index in [0.29, 0.717) is 28.6 Å². The molecule has 4 rings (SSSR count). The van der Waals surface area contributed by atoms with Gasteiger partial charge in [-0.25, -0.2) is 13.5 Å². The summed E-state index contributed by atoms with van der Waals surface area (Å²) in [5.74, 6) is 0.345. The fourth-order valence-electron chi connectivity index (χ4n) is 3.11. The molecule has 0 aliphatic heterocycles. The quantitative estimate of drug-likeness (QED) is 0.517. The Hall–Kier alpha value is -3.69. The number of aromatic amines is 1. The van der Waals surface area contributed by atoms with Crippen molar-refractivity contribution in [3.05, 3.63) is 64.7 Å². The largest absolute Gasteiger partial charge is 0.470 e. The maximum Gasteiger partial charge on any atom is 0.263 e. The normalized spacial score (nSPS) is 11.3. The van der Waals surface area contributed by atoms with Gasteiger partial charge in [-0.2, -0.15) is 5.10 Å². The van der Waals surface area contributed by atoms with Crippen LogP contribution in [0.2, 0.25) is 0 Å². The first-order valence-corrected chi connectivity index (χ1v) is 9.22. The second-order valence-electron chi connectivity index (χ2n) is 6.78. The summed E-state index contributed by atoms with van der Waals surface area (Å²) in [4.78, 5) is 0. The van der Waals surface area contributed by atoms with Gasteiger partial charge in [0.15, 0.2) is 0 Å². The highest BCUT2D eigenvalue weighted by Crippen LogP contribution is 2.24. The van der Waals surface area contributed by atoms with Crippen LogP contribution in [0.3, 0.4) is 0 Å². The van der Waals surface area contributed by atoms with E-state index in [2.05, 4.69) is 30.7 Å². The number of rotatable bonds is 6. The second kappa shape index (κ2) is 7.97. The van der Waals surface area contributed by atoms with Crippen LogP contribution >= 0.6 is 0 Å². The SMILES string of the molecule is Cc1n[nH]c(C)c1-c1ccc(OCc2c(C)nnn2-c2ccc(C(F)F)cc2)nn1. The summed E-state index contributed by atoms with van der Waals surface area (Å²) in [7, 11) is 0. The zero-order chi connectivity index (χ0) is 21.3. The number of aromatic nitrogens is 7. The summed E-state index contributed by atoms with van der Waals surface area (Å²) in [6.45, 7) is 5.77. The highest BCUT2D eigenvalue weighted by atomic mass is 19.3. The summed E-state index contributed by atoms with van der Waals surface area (Å²) in [5, 5.41) is 23.6. The van der Waals surface area contributed by atoms with Crippen molar-refractivity contribution in [2.24, 2.45) is 0 Å². The molecule has 0 atom stereocenters. The van der Waals surface area contributed by atoms with Gasteiger partial charge in [0.2, 0.25) is 5.88 Å². The van der Waals surface area contributed by atoms with Crippen LogP contribution in [-0.4, -0.2) is 35.4 Å². The molecule has 10 heteroatoms. The molecule has 0 saturated carbocycles. The number of ether oxygens (including phenoxy) is 1. The molecule has 0 saturated heterocycles. The Bertz CT molecular complexity index is 1130. The lowest BCUT2D eigenvalue weighted by Crippen LogP contribution is -2.08. The predicted octanol–water partition coefficient (Wildman–Crippen LogP) is 3.89. The average Bonchev–Trinajstić information content (AvgIpc) is 3.28. The van der Waals surface area contributed by atoms with Gasteiger partial charge in [0.1, 0.15) is 12.3 Å². The van der Waals surface area contributed by atoms with E-state index >= 15 is 0 Å². The molecule has 0 aliphatic carbocycles. The minimum absolute atomic E-state index is 0.0492. The van der Waals surface area contributed by atoms with Crippen molar-refractivity contribution in [3.8, 4) is 22.8 Å². The molecule has 3 heterocycles. The van der Waals surface area contributed by atoms with E-state index in [1.54, 1.807) is 29.8 Å². The van der Waals surface area contributed by atoms with E-state index in [9.17, 15) is 8.78 Å². The molecule has 0 amide bonds. The van der Waals surface area contributed by atoms with Gasteiger partial charge in [-0.15, -0.1) is 15.3 Å². The van der Waals surface area contributed by atoms with Crippen LogP contribution in [0.15, 0.2) is 36.4 Å². The zero-order valence-electron chi connectivity index (χ0n) is 16.6. The van der Waals surface area contributed by atoms with Crippen LogP contribution in [0.4, 0.5) is 8.78 Å². The van der Waals surface area contributed by atoms with Crippen LogP contribution in [0, 0.1) is 20.8 Å². The molecule has 3 aromatic heterocycles. The van der Waals surface area contributed by atoms with Crippen LogP contribution in [0.25, 0.3) is 16.9 Å². The van der Waals surface area contributed by atoms with Gasteiger partial charge in [0.25, 0.3) is 6.43 Å². The minimum Gasteiger partial charge on any atom is -0.470 e. The fourth-order valence-corrected chi connectivity index (χ4v) is 3.11. The van der Waals surface area contributed by atoms with Gasteiger partial charge in [0, 0.05) is 22.9 Å². The smallest absolute Gasteiger partial charge is 0.263 e. The molecule has 0 fully saturated rings. The summed E-state index contributed by atoms with van der Waals surface area (Å²) in [6.07, 6.45) is -2.52. The van der Waals surface area contributed by atoms with Gasteiger partial charge < -0.3 is 4.74 Å². The topological polar surface area (TPSA) is 94.4 Å². The predicted molar refractivity (Wildman–Crippen MR) is 104 cm³/mol. The number of hydrogen-bond donors (Lipinski definition) is 1. The Morgan fingerprint density at radius 3 is 2.33 bits per heavy atom. The van der Waals surface area contributed by atoms with Crippen LogP contribution in [0.5, 0.6) is 5.88 Å². The molecular weight excluding hydrogens is 392 g/mol. The summed E-state index contributed by atoms with van der Waals surface area (Å²) in [5.41, 5.74) is 5.30. The third kappa shape index (κ3) is 3.76. The maximum atomic E-state index is 12.8. The Balaban J connectivity index is 1.51. The first-order valence-electron chi connectivity index (χ1n) is 9.22. The van der Waals surface area contributed by atoms with E-state index in [0.717, 1.165) is 17.0 Å². The summed E-state index contributed by atoms with van der Waals surface area (Å²) in [6, 6.07) is 9.43. The van der Waals surface area contributed by atoms with Gasteiger partial charge in [-0.3, -0.25) is 5.10 Å². The van der Waals surface area contributed by atoms with Crippen molar-refractivity contribution in [3.63, 3.8) is 0 Å². The lowest BCUT2D eigenvalue weighted by atomic mass is 10.1. The lowest BCUT2D eigenvalue weighted by molar-refractivity contribution is 0.151. The van der Waals surface area contributed by atoms with Crippen LogP contribution in [0.1, 0.15) is 34.8 Å². The molecule has 1 aromatic carbocycles. The van der Waals surface area contributed by atoms with Gasteiger partial charge >= 0.3 is 0 Å². The Labute approximate surface area is 170 Å². The molecule has 0 radical (unpaired) electrons. The van der Waals surface area contributed by atoms with Crippen molar-refractivity contribution in [1.29, 1.82) is 0 Å². The number of benzene rings is 1. The number of aryl methyl sites for hydroxylation is 3. The molecular formula is C20H19F2N7O. The van der Waals surface area contributed by atoms with Crippen molar-refractivity contribution < 1.29 is 13.5 Å². The lowest BCUT2D eigenvalue weighted by Gasteiger charge is -2.09. The highest BCUT2D eigenvalue weighted by Gasteiger charge is 2.15. The number of nitrogens with one attached hydrogen (secondary N) is 1.